The van der Waals surface area contributed by atoms with Gasteiger partial charge in [0.1, 0.15) is 30.5 Å². The molecule has 1 aliphatic heterocycles. The summed E-state index contributed by atoms with van der Waals surface area (Å²) in [6.07, 6.45) is 22.0. The van der Waals surface area contributed by atoms with Crippen molar-refractivity contribution in [1.82, 2.24) is 5.32 Å². The molecule has 0 bridgehead atoms. The van der Waals surface area contributed by atoms with Crippen LogP contribution in [0.2, 0.25) is 0 Å². The second-order valence-corrected chi connectivity index (χ2v) is 14.8. The summed E-state index contributed by atoms with van der Waals surface area (Å²) in [5.74, 6) is -0.628. The Hall–Kier alpha value is -1.37. The van der Waals surface area contributed by atoms with Crippen molar-refractivity contribution in [2.75, 3.05) is 13.2 Å². The van der Waals surface area contributed by atoms with E-state index in [1.54, 1.807) is 6.08 Å². The van der Waals surface area contributed by atoms with Gasteiger partial charge in [0.2, 0.25) is 5.91 Å². The molecule has 10 heteroatoms. The number of carbonyl (C=O) groups excluding carboxylic acids is 1. The van der Waals surface area contributed by atoms with Gasteiger partial charge in [-0.05, 0) is 39.0 Å². The highest BCUT2D eigenvalue weighted by Crippen LogP contribution is 2.22. The van der Waals surface area contributed by atoms with Crippen molar-refractivity contribution >= 4 is 5.91 Å². The standard InChI is InChI=1S/C41H77NO9/c1-4-6-8-10-12-13-14-15-16-18-20-24-29-35(45)40(49)42-33(31-50-41-39(48)38(47)37(46)36(30-43)51-41)34(44)28-25-21-23-27-32(3)26-22-19-17-11-9-7-5-2/h25,27-28,33-39,41,43-48H,4-24,26,29-31H2,1-3H3,(H,42,49)/t33?,34?,35?,36-,37-,38+,39-,41-/m1/s1. The number of unbranched alkanes of at least 4 members (excludes halogenated alkanes) is 18. The summed E-state index contributed by atoms with van der Waals surface area (Å²) in [5.41, 5.74) is 1.36. The topological polar surface area (TPSA) is 169 Å². The van der Waals surface area contributed by atoms with Gasteiger partial charge in [-0.2, -0.15) is 0 Å². The van der Waals surface area contributed by atoms with E-state index in [-0.39, 0.29) is 6.61 Å². The van der Waals surface area contributed by atoms with Gasteiger partial charge in [-0.3, -0.25) is 4.79 Å². The lowest BCUT2D eigenvalue weighted by Crippen LogP contribution is -2.60. The molecule has 3 unspecified atom stereocenters. The molecule has 0 spiro atoms. The maximum Gasteiger partial charge on any atom is 0.249 e. The Kier molecular flexibility index (Phi) is 29.0. The molecule has 300 valence electrons. The molecule has 0 aromatic heterocycles. The van der Waals surface area contributed by atoms with Gasteiger partial charge in [0.05, 0.1) is 25.4 Å². The summed E-state index contributed by atoms with van der Waals surface area (Å²) >= 11 is 0. The highest BCUT2D eigenvalue weighted by atomic mass is 16.7. The number of allylic oxidation sites excluding steroid dienone is 3. The Morgan fingerprint density at radius 1 is 0.745 bits per heavy atom. The van der Waals surface area contributed by atoms with Crippen LogP contribution in [0.1, 0.15) is 168 Å². The van der Waals surface area contributed by atoms with Gasteiger partial charge in [0.15, 0.2) is 6.29 Å². The summed E-state index contributed by atoms with van der Waals surface area (Å²) in [6.45, 7) is 5.70. The van der Waals surface area contributed by atoms with Crippen LogP contribution >= 0.6 is 0 Å². The first-order valence-electron chi connectivity index (χ1n) is 20.6. The molecular weight excluding hydrogens is 650 g/mol. The number of ether oxygens (including phenoxy) is 2. The van der Waals surface area contributed by atoms with Crippen LogP contribution in [0.5, 0.6) is 0 Å². The summed E-state index contributed by atoms with van der Waals surface area (Å²) < 4.78 is 11.1. The van der Waals surface area contributed by atoms with Gasteiger partial charge in [0.25, 0.3) is 0 Å². The van der Waals surface area contributed by atoms with Gasteiger partial charge in [-0.15, -0.1) is 0 Å². The van der Waals surface area contributed by atoms with Crippen molar-refractivity contribution in [3.8, 4) is 0 Å². The zero-order valence-electron chi connectivity index (χ0n) is 32.4. The third-order valence-electron chi connectivity index (χ3n) is 10.00. The monoisotopic (exact) mass is 728 g/mol. The molecule has 1 heterocycles. The van der Waals surface area contributed by atoms with E-state index in [1.165, 1.54) is 102 Å². The van der Waals surface area contributed by atoms with Gasteiger partial charge in [0, 0.05) is 0 Å². The molecule has 1 saturated heterocycles. The second kappa shape index (κ2) is 31.0. The fourth-order valence-corrected chi connectivity index (χ4v) is 6.48. The molecule has 1 rings (SSSR count). The van der Waals surface area contributed by atoms with Crippen LogP contribution in [-0.4, -0.2) is 98.7 Å². The normalized spacial score (nSPS) is 23.1. The number of amides is 1. The zero-order valence-corrected chi connectivity index (χ0v) is 32.4. The highest BCUT2D eigenvalue weighted by molar-refractivity contribution is 5.80. The minimum atomic E-state index is -1.61. The van der Waals surface area contributed by atoms with E-state index >= 15 is 0 Å². The molecule has 1 aliphatic rings. The average Bonchev–Trinajstić information content (AvgIpc) is 3.12. The highest BCUT2D eigenvalue weighted by Gasteiger charge is 2.44. The Balaban J connectivity index is 2.59. The largest absolute Gasteiger partial charge is 0.394 e. The number of hydrogen-bond acceptors (Lipinski definition) is 9. The van der Waals surface area contributed by atoms with Crippen LogP contribution < -0.4 is 5.32 Å². The summed E-state index contributed by atoms with van der Waals surface area (Å²) in [6, 6.07) is -0.993. The molecule has 0 saturated carbocycles. The Morgan fingerprint density at radius 2 is 1.27 bits per heavy atom. The van der Waals surface area contributed by atoms with E-state index in [2.05, 4.69) is 32.2 Å². The molecule has 1 fully saturated rings. The van der Waals surface area contributed by atoms with Gasteiger partial charge < -0.3 is 45.4 Å². The first kappa shape index (κ1) is 47.7. The quantitative estimate of drug-likeness (QED) is 0.0301. The van der Waals surface area contributed by atoms with Crippen LogP contribution in [0.3, 0.4) is 0 Å². The third kappa shape index (κ3) is 22.4. The van der Waals surface area contributed by atoms with Crippen molar-refractivity contribution in [1.29, 1.82) is 0 Å². The molecule has 1 amide bonds. The molecule has 8 atom stereocenters. The SMILES string of the molecule is CCCCCCCCCCCCCCC(O)C(=O)NC(CO[C@@H]1O[C@H](CO)[C@@H](O)[C@H](O)[C@H]1O)C(O)C=CCCC=C(C)CCCCCCCCC. The first-order valence-corrected chi connectivity index (χ1v) is 20.6. The molecule has 7 N–H and O–H groups in total. The first-order chi connectivity index (χ1) is 24.7. The minimum Gasteiger partial charge on any atom is -0.394 e. The van der Waals surface area contributed by atoms with Crippen LogP contribution in [0.15, 0.2) is 23.8 Å². The van der Waals surface area contributed by atoms with Gasteiger partial charge in [-0.1, -0.05) is 153 Å². The molecule has 10 nitrogen and oxygen atoms in total. The predicted octanol–water partition coefficient (Wildman–Crippen LogP) is 6.52. The van der Waals surface area contributed by atoms with E-state index in [4.69, 9.17) is 9.47 Å². The molecule has 0 radical (unpaired) electrons. The summed E-state index contributed by atoms with van der Waals surface area (Å²) in [7, 11) is 0. The summed E-state index contributed by atoms with van der Waals surface area (Å²) in [4.78, 5) is 13.0. The van der Waals surface area contributed by atoms with E-state index in [0.29, 0.717) is 19.3 Å². The lowest BCUT2D eigenvalue weighted by atomic mass is 9.99. The lowest BCUT2D eigenvalue weighted by molar-refractivity contribution is -0.302. The average molecular weight is 728 g/mol. The fraction of sp³-hybridized carbons (Fsp3) is 0.878. The maximum atomic E-state index is 13.0. The van der Waals surface area contributed by atoms with Crippen molar-refractivity contribution in [2.24, 2.45) is 0 Å². The predicted molar refractivity (Wildman–Crippen MR) is 204 cm³/mol. The van der Waals surface area contributed by atoms with Crippen molar-refractivity contribution in [2.45, 2.75) is 217 Å². The van der Waals surface area contributed by atoms with E-state index in [0.717, 1.165) is 32.1 Å². The maximum absolute atomic E-state index is 13.0. The third-order valence-corrected chi connectivity index (χ3v) is 10.00. The fourth-order valence-electron chi connectivity index (χ4n) is 6.48. The number of rotatable bonds is 32. The Bertz CT molecular complexity index is 898. The van der Waals surface area contributed by atoms with E-state index in [1.807, 2.05) is 6.08 Å². The molecule has 0 aliphatic carbocycles. The van der Waals surface area contributed by atoms with Crippen molar-refractivity contribution < 1.29 is 44.9 Å². The molecule has 51 heavy (non-hydrogen) atoms. The molecule has 0 aromatic rings. The minimum absolute atomic E-state index is 0.306. The Morgan fingerprint density at radius 3 is 1.82 bits per heavy atom. The smallest absolute Gasteiger partial charge is 0.249 e. The van der Waals surface area contributed by atoms with Crippen LogP contribution in [-0.2, 0) is 14.3 Å². The van der Waals surface area contributed by atoms with E-state index < -0.39 is 61.5 Å². The molecular formula is C41H77NO9. The van der Waals surface area contributed by atoms with Crippen LogP contribution in [0.4, 0.5) is 0 Å². The van der Waals surface area contributed by atoms with E-state index in [9.17, 15) is 35.4 Å². The zero-order chi connectivity index (χ0) is 37.7. The van der Waals surface area contributed by atoms with Gasteiger partial charge in [-0.25, -0.2) is 0 Å². The van der Waals surface area contributed by atoms with Gasteiger partial charge >= 0.3 is 0 Å². The van der Waals surface area contributed by atoms with Crippen LogP contribution in [0, 0.1) is 0 Å². The number of hydrogen-bond donors (Lipinski definition) is 7. The number of nitrogens with one attached hydrogen (secondary N) is 1. The molecule has 0 aromatic carbocycles. The summed E-state index contributed by atoms with van der Waals surface area (Å²) in [5, 5.41) is 64.5. The lowest BCUT2D eigenvalue weighted by Gasteiger charge is -2.40. The number of aliphatic hydroxyl groups excluding tert-OH is 6. The Labute approximate surface area is 310 Å². The second-order valence-electron chi connectivity index (χ2n) is 14.8. The number of aliphatic hydroxyl groups is 6. The van der Waals surface area contributed by atoms with Crippen molar-refractivity contribution in [3.05, 3.63) is 23.8 Å². The van der Waals surface area contributed by atoms with Crippen LogP contribution in [0.25, 0.3) is 0 Å². The number of carbonyl (C=O) groups is 1. The van der Waals surface area contributed by atoms with Crippen molar-refractivity contribution in [3.63, 3.8) is 0 Å².